The van der Waals surface area contributed by atoms with E-state index in [1.54, 1.807) is 7.11 Å². The summed E-state index contributed by atoms with van der Waals surface area (Å²) in [6.45, 7) is 6.07. The number of aryl methyl sites for hydroxylation is 1. The molecule has 1 aromatic heterocycles. The molecule has 0 saturated carbocycles. The Morgan fingerprint density at radius 3 is 2.87 bits per heavy atom. The van der Waals surface area contributed by atoms with Crippen molar-refractivity contribution < 1.29 is 9.53 Å². The Morgan fingerprint density at radius 1 is 1.26 bits per heavy atom. The van der Waals surface area contributed by atoms with Crippen LogP contribution in [-0.2, 0) is 9.53 Å². The van der Waals surface area contributed by atoms with Gasteiger partial charge >= 0.3 is 0 Å². The van der Waals surface area contributed by atoms with Gasteiger partial charge < -0.3 is 14.5 Å². The van der Waals surface area contributed by atoms with Crippen molar-refractivity contribution in [2.75, 3.05) is 44.8 Å². The Morgan fingerprint density at radius 2 is 2.13 bits per heavy atom. The monoisotopic (exact) mass is 318 g/mol. The number of rotatable bonds is 4. The molecule has 1 atom stereocenters. The number of nitrogens with zero attached hydrogens (tertiary/aromatic N) is 4. The van der Waals surface area contributed by atoms with Gasteiger partial charge in [0.05, 0.1) is 12.3 Å². The van der Waals surface area contributed by atoms with E-state index < -0.39 is 0 Å². The van der Waals surface area contributed by atoms with E-state index >= 15 is 0 Å². The molecule has 0 bridgehead atoms. The average molecular weight is 318 g/mol. The third kappa shape index (κ3) is 3.63. The second-order valence-corrected chi connectivity index (χ2v) is 6.87. The molecule has 2 aliphatic rings. The number of carbonyl (C=O) groups excluding carboxylic acids is 1. The number of carbonyl (C=O) groups is 1. The summed E-state index contributed by atoms with van der Waals surface area (Å²) in [5.74, 6) is 1.22. The molecule has 2 aliphatic heterocycles. The van der Waals surface area contributed by atoms with Gasteiger partial charge in [-0.15, -0.1) is 5.10 Å². The highest BCUT2D eigenvalue weighted by molar-refractivity contribution is 5.77. The zero-order valence-electron chi connectivity index (χ0n) is 14.1. The van der Waals surface area contributed by atoms with Crippen molar-refractivity contribution in [1.82, 2.24) is 15.1 Å². The Kier molecular flexibility index (Phi) is 4.80. The van der Waals surface area contributed by atoms with Crippen LogP contribution in [0.1, 0.15) is 31.4 Å². The molecule has 2 fully saturated rings. The quantitative estimate of drug-likeness (QED) is 0.845. The van der Waals surface area contributed by atoms with E-state index in [-0.39, 0.29) is 11.3 Å². The molecule has 23 heavy (non-hydrogen) atoms. The fourth-order valence-electron chi connectivity index (χ4n) is 3.80. The highest BCUT2D eigenvalue weighted by atomic mass is 16.5. The molecule has 1 spiro atoms. The van der Waals surface area contributed by atoms with Gasteiger partial charge in [-0.2, -0.15) is 5.10 Å². The first-order chi connectivity index (χ1) is 11.1. The molecule has 3 heterocycles. The standard InChI is InChI=1S/C17H26N4O2/c1-14-4-5-15(19-18-14)20-9-3-7-17(12-20)8-6-16(22)21(13-17)10-11-23-2/h4-5H,3,6-13H2,1-2H3/t17-/m1/s1. The summed E-state index contributed by atoms with van der Waals surface area (Å²) < 4.78 is 5.15. The highest BCUT2D eigenvalue weighted by Crippen LogP contribution is 2.39. The number of piperidine rings is 2. The van der Waals surface area contributed by atoms with Crippen molar-refractivity contribution in [3.8, 4) is 0 Å². The second kappa shape index (κ2) is 6.83. The fraction of sp³-hybridized carbons (Fsp3) is 0.706. The van der Waals surface area contributed by atoms with Gasteiger partial charge in [0.25, 0.3) is 0 Å². The van der Waals surface area contributed by atoms with Crippen LogP contribution in [0.15, 0.2) is 12.1 Å². The zero-order valence-corrected chi connectivity index (χ0v) is 14.1. The number of aromatic nitrogens is 2. The third-order valence-corrected chi connectivity index (χ3v) is 5.08. The highest BCUT2D eigenvalue weighted by Gasteiger charge is 2.41. The largest absolute Gasteiger partial charge is 0.383 e. The number of likely N-dealkylation sites (tertiary alicyclic amines) is 1. The SMILES string of the molecule is COCCN1C[C@]2(CCCN(c3ccc(C)nn3)C2)CCC1=O. The molecule has 1 amide bonds. The minimum absolute atomic E-state index is 0.187. The summed E-state index contributed by atoms with van der Waals surface area (Å²) in [5, 5.41) is 8.52. The minimum Gasteiger partial charge on any atom is -0.383 e. The van der Waals surface area contributed by atoms with Crippen molar-refractivity contribution in [2.45, 2.75) is 32.6 Å². The fourth-order valence-corrected chi connectivity index (χ4v) is 3.80. The Bertz CT molecular complexity index is 548. The van der Waals surface area contributed by atoms with Crippen LogP contribution in [0.3, 0.4) is 0 Å². The first-order valence-electron chi connectivity index (χ1n) is 8.44. The van der Waals surface area contributed by atoms with E-state index in [9.17, 15) is 4.79 Å². The molecule has 0 N–H and O–H groups in total. The lowest BCUT2D eigenvalue weighted by molar-refractivity contribution is -0.138. The first kappa shape index (κ1) is 16.2. The van der Waals surface area contributed by atoms with Crippen molar-refractivity contribution in [2.24, 2.45) is 5.41 Å². The molecule has 0 radical (unpaired) electrons. The predicted octanol–water partition coefficient (Wildman–Crippen LogP) is 1.64. The molecule has 2 saturated heterocycles. The Balaban J connectivity index is 1.71. The topological polar surface area (TPSA) is 58.6 Å². The summed E-state index contributed by atoms with van der Waals surface area (Å²) in [4.78, 5) is 16.5. The van der Waals surface area contributed by atoms with E-state index in [1.165, 1.54) is 6.42 Å². The number of hydrogen-bond donors (Lipinski definition) is 0. The van der Waals surface area contributed by atoms with Crippen LogP contribution in [0.4, 0.5) is 5.82 Å². The summed E-state index contributed by atoms with van der Waals surface area (Å²) in [6, 6.07) is 4.07. The summed E-state index contributed by atoms with van der Waals surface area (Å²) in [5.41, 5.74) is 1.13. The molecule has 1 aromatic rings. The van der Waals surface area contributed by atoms with Gasteiger partial charge in [0.2, 0.25) is 5.91 Å². The van der Waals surface area contributed by atoms with Crippen molar-refractivity contribution in [1.29, 1.82) is 0 Å². The smallest absolute Gasteiger partial charge is 0.222 e. The molecular formula is C17H26N4O2. The summed E-state index contributed by atoms with van der Waals surface area (Å²) in [7, 11) is 1.68. The number of anilines is 1. The number of methoxy groups -OCH3 is 1. The maximum Gasteiger partial charge on any atom is 0.222 e. The first-order valence-corrected chi connectivity index (χ1v) is 8.44. The second-order valence-electron chi connectivity index (χ2n) is 6.87. The molecule has 126 valence electrons. The van der Waals surface area contributed by atoms with Gasteiger partial charge in [-0.3, -0.25) is 4.79 Å². The maximum absolute atomic E-state index is 12.1. The molecule has 0 aromatic carbocycles. The average Bonchev–Trinajstić information content (AvgIpc) is 2.57. The van der Waals surface area contributed by atoms with Crippen LogP contribution in [0, 0.1) is 12.3 Å². The van der Waals surface area contributed by atoms with E-state index in [2.05, 4.69) is 21.2 Å². The molecule has 6 heteroatoms. The van der Waals surface area contributed by atoms with Crippen LogP contribution in [0.5, 0.6) is 0 Å². The van der Waals surface area contributed by atoms with Crippen LogP contribution < -0.4 is 4.90 Å². The molecule has 0 unspecified atom stereocenters. The van der Waals surface area contributed by atoms with Gasteiger partial charge in [-0.1, -0.05) is 0 Å². The lowest BCUT2D eigenvalue weighted by Crippen LogP contribution is -2.54. The van der Waals surface area contributed by atoms with Crippen LogP contribution >= 0.6 is 0 Å². The van der Waals surface area contributed by atoms with Crippen LogP contribution in [0.2, 0.25) is 0 Å². The third-order valence-electron chi connectivity index (χ3n) is 5.08. The number of hydrogen-bond acceptors (Lipinski definition) is 5. The van der Waals surface area contributed by atoms with E-state index in [1.807, 2.05) is 17.9 Å². The van der Waals surface area contributed by atoms with Gasteiger partial charge in [0.1, 0.15) is 0 Å². The van der Waals surface area contributed by atoms with E-state index in [0.717, 1.165) is 44.0 Å². The molecule has 3 rings (SSSR count). The summed E-state index contributed by atoms with van der Waals surface area (Å²) in [6.07, 6.45) is 3.95. The molecular weight excluding hydrogens is 292 g/mol. The maximum atomic E-state index is 12.1. The van der Waals surface area contributed by atoms with E-state index in [0.29, 0.717) is 19.6 Å². The normalized spacial score (nSPS) is 25.2. The van der Waals surface area contributed by atoms with Gasteiger partial charge in [-0.05, 0) is 38.3 Å². The van der Waals surface area contributed by atoms with E-state index in [4.69, 9.17) is 4.74 Å². The predicted molar refractivity (Wildman–Crippen MR) is 88.3 cm³/mol. The van der Waals surface area contributed by atoms with Gasteiger partial charge in [0.15, 0.2) is 5.82 Å². The van der Waals surface area contributed by atoms with Crippen molar-refractivity contribution in [3.63, 3.8) is 0 Å². The Hall–Kier alpha value is -1.69. The molecule has 6 nitrogen and oxygen atoms in total. The van der Waals surface area contributed by atoms with Gasteiger partial charge in [0, 0.05) is 45.1 Å². The zero-order chi connectivity index (χ0) is 16.3. The van der Waals surface area contributed by atoms with Gasteiger partial charge in [-0.25, -0.2) is 0 Å². The number of amides is 1. The van der Waals surface area contributed by atoms with Crippen molar-refractivity contribution in [3.05, 3.63) is 17.8 Å². The summed E-state index contributed by atoms with van der Waals surface area (Å²) >= 11 is 0. The molecule has 0 aliphatic carbocycles. The lowest BCUT2D eigenvalue weighted by atomic mass is 9.73. The minimum atomic E-state index is 0.187. The van der Waals surface area contributed by atoms with Crippen LogP contribution in [-0.4, -0.2) is 60.9 Å². The van der Waals surface area contributed by atoms with Crippen molar-refractivity contribution >= 4 is 11.7 Å². The lowest BCUT2D eigenvalue weighted by Gasteiger charge is -2.48. The van der Waals surface area contributed by atoms with Crippen LogP contribution in [0.25, 0.3) is 0 Å². The number of ether oxygens (including phenoxy) is 1. The Labute approximate surface area is 137 Å².